The molecule has 0 aliphatic carbocycles. The summed E-state index contributed by atoms with van der Waals surface area (Å²) in [5.41, 5.74) is 4.20. The third kappa shape index (κ3) is 3.81. The van der Waals surface area contributed by atoms with E-state index in [9.17, 15) is 9.59 Å². The van der Waals surface area contributed by atoms with Crippen LogP contribution in [0.5, 0.6) is 0 Å². The van der Waals surface area contributed by atoms with Crippen molar-refractivity contribution < 1.29 is 9.59 Å². The molecule has 2 aliphatic rings. The second-order valence-electron chi connectivity index (χ2n) is 7.83. The van der Waals surface area contributed by atoms with Gasteiger partial charge in [-0.15, -0.1) is 0 Å². The third-order valence-electron chi connectivity index (χ3n) is 5.78. The van der Waals surface area contributed by atoms with Gasteiger partial charge >= 0.3 is 0 Å². The number of benzene rings is 1. The lowest BCUT2D eigenvalue weighted by Crippen LogP contribution is -2.38. The highest BCUT2D eigenvalue weighted by Gasteiger charge is 2.28. The number of rotatable bonds is 5. The zero-order valence-electron chi connectivity index (χ0n) is 16.6. The largest absolute Gasteiger partial charge is 0.347 e. The fraction of sp³-hybridized carbons (Fsp3) is 0.429. The number of thioether (sulfide) groups is 1. The number of hydrogen-bond acceptors (Lipinski definition) is 5. The Kier molecular flexibility index (Phi) is 5.20. The number of carbonyl (C=O) groups is 2. The van der Waals surface area contributed by atoms with E-state index in [-0.39, 0.29) is 17.9 Å². The summed E-state index contributed by atoms with van der Waals surface area (Å²) < 4.78 is 0. The molecule has 1 saturated heterocycles. The van der Waals surface area contributed by atoms with Crippen molar-refractivity contribution in [3.8, 4) is 0 Å². The average molecular weight is 425 g/mol. The first kappa shape index (κ1) is 19.2. The van der Waals surface area contributed by atoms with E-state index in [1.54, 1.807) is 0 Å². The van der Waals surface area contributed by atoms with Crippen LogP contribution in [0.3, 0.4) is 0 Å². The molecular weight excluding hydrogens is 400 g/mol. The highest BCUT2D eigenvalue weighted by Crippen LogP contribution is 2.22. The van der Waals surface area contributed by atoms with Crippen LogP contribution in [0.1, 0.15) is 40.4 Å². The van der Waals surface area contributed by atoms with Gasteiger partial charge in [-0.3, -0.25) is 14.7 Å². The van der Waals surface area contributed by atoms with Crippen LogP contribution >= 0.6 is 11.8 Å². The molecule has 1 fully saturated rings. The topological polar surface area (TPSA) is 107 Å². The van der Waals surface area contributed by atoms with Gasteiger partial charge in [0.15, 0.2) is 5.69 Å². The van der Waals surface area contributed by atoms with Gasteiger partial charge in [0.05, 0.1) is 23.3 Å². The maximum atomic E-state index is 12.7. The van der Waals surface area contributed by atoms with Gasteiger partial charge in [0.2, 0.25) is 5.91 Å². The van der Waals surface area contributed by atoms with Crippen molar-refractivity contribution in [1.82, 2.24) is 30.4 Å². The fourth-order valence-electron chi connectivity index (χ4n) is 4.13. The minimum absolute atomic E-state index is 0.0877. The number of fused-ring (bicyclic) bond motifs is 2. The molecule has 1 aromatic carbocycles. The van der Waals surface area contributed by atoms with Crippen LogP contribution < -0.4 is 5.32 Å². The Hall–Kier alpha value is -2.81. The van der Waals surface area contributed by atoms with Crippen LogP contribution in [0.25, 0.3) is 11.0 Å². The summed E-state index contributed by atoms with van der Waals surface area (Å²) in [6.07, 6.45) is 2.63. The minimum Gasteiger partial charge on any atom is -0.347 e. The highest BCUT2D eigenvalue weighted by atomic mass is 32.2. The molecule has 8 nitrogen and oxygen atoms in total. The fourth-order valence-corrected chi connectivity index (χ4v) is 5.28. The van der Waals surface area contributed by atoms with Gasteiger partial charge < -0.3 is 15.2 Å². The molecule has 9 heteroatoms. The number of carbonyl (C=O) groups excluding carboxylic acids is 2. The number of hydrogen-bond donors (Lipinski definition) is 3. The maximum Gasteiger partial charge on any atom is 0.272 e. The molecule has 5 rings (SSSR count). The summed E-state index contributed by atoms with van der Waals surface area (Å²) in [4.78, 5) is 35.0. The van der Waals surface area contributed by atoms with Crippen LogP contribution in [0.4, 0.5) is 0 Å². The molecule has 156 valence electrons. The van der Waals surface area contributed by atoms with E-state index in [4.69, 9.17) is 0 Å². The smallest absolute Gasteiger partial charge is 0.272 e. The number of aromatic amines is 2. The van der Waals surface area contributed by atoms with Gasteiger partial charge in [-0.05, 0) is 30.7 Å². The monoisotopic (exact) mass is 424 g/mol. The maximum absolute atomic E-state index is 12.7. The minimum atomic E-state index is -0.107. The summed E-state index contributed by atoms with van der Waals surface area (Å²) >= 11 is 1.86. The molecule has 2 aliphatic heterocycles. The molecule has 3 N–H and O–H groups in total. The van der Waals surface area contributed by atoms with E-state index in [0.717, 1.165) is 46.0 Å². The van der Waals surface area contributed by atoms with Crippen LogP contribution in [-0.2, 0) is 24.2 Å². The first-order chi connectivity index (χ1) is 14.7. The van der Waals surface area contributed by atoms with Crippen molar-refractivity contribution in [3.05, 3.63) is 47.0 Å². The highest BCUT2D eigenvalue weighted by molar-refractivity contribution is 7.99. The van der Waals surface area contributed by atoms with Crippen molar-refractivity contribution >= 4 is 34.6 Å². The van der Waals surface area contributed by atoms with Gasteiger partial charge in [0.1, 0.15) is 5.82 Å². The summed E-state index contributed by atoms with van der Waals surface area (Å²) in [7, 11) is 0. The first-order valence-electron chi connectivity index (χ1n) is 10.3. The number of nitrogens with one attached hydrogen (secondary N) is 3. The summed E-state index contributed by atoms with van der Waals surface area (Å²) in [5.74, 6) is 2.86. The number of aryl methyl sites for hydroxylation is 1. The first-order valence-corrected chi connectivity index (χ1v) is 11.5. The number of H-pyrrole nitrogens is 2. The van der Waals surface area contributed by atoms with Crippen molar-refractivity contribution in [3.63, 3.8) is 0 Å². The molecule has 2 amide bonds. The predicted molar refractivity (Wildman–Crippen MR) is 115 cm³/mol. The Bertz CT molecular complexity index is 1050. The van der Waals surface area contributed by atoms with Crippen LogP contribution in [0.15, 0.2) is 24.3 Å². The van der Waals surface area contributed by atoms with Crippen molar-refractivity contribution in [2.45, 2.75) is 38.3 Å². The summed E-state index contributed by atoms with van der Waals surface area (Å²) in [6.45, 7) is 1.07. The molecule has 3 aromatic rings. The normalized spacial score (nSPS) is 18.5. The van der Waals surface area contributed by atoms with E-state index in [1.807, 2.05) is 40.9 Å². The van der Waals surface area contributed by atoms with Gasteiger partial charge in [-0.25, -0.2) is 4.98 Å². The lowest BCUT2D eigenvalue weighted by molar-refractivity contribution is -0.132. The molecule has 0 bridgehead atoms. The van der Waals surface area contributed by atoms with E-state index in [2.05, 4.69) is 25.5 Å². The Labute approximate surface area is 178 Å². The number of imidazole rings is 1. The van der Waals surface area contributed by atoms with Gasteiger partial charge in [0, 0.05) is 36.7 Å². The molecule has 1 atom stereocenters. The van der Waals surface area contributed by atoms with Gasteiger partial charge in [0.25, 0.3) is 5.91 Å². The van der Waals surface area contributed by atoms with Crippen molar-refractivity contribution in [1.29, 1.82) is 0 Å². The lowest BCUT2D eigenvalue weighted by atomic mass is 10.0. The van der Waals surface area contributed by atoms with E-state index >= 15 is 0 Å². The molecular formula is C21H24N6O2S. The average Bonchev–Trinajstić information content (AvgIpc) is 3.50. The van der Waals surface area contributed by atoms with Gasteiger partial charge in [-0.2, -0.15) is 16.9 Å². The zero-order valence-corrected chi connectivity index (χ0v) is 17.4. The molecule has 30 heavy (non-hydrogen) atoms. The molecule has 2 aromatic heterocycles. The zero-order chi connectivity index (χ0) is 20.5. The number of amides is 2. The predicted octanol–water partition coefficient (Wildman–Crippen LogP) is 2.04. The van der Waals surface area contributed by atoms with Crippen LogP contribution in [-0.4, -0.2) is 61.0 Å². The standard InChI is InChI=1S/C21H24N6O2S/c28-19(6-5-18-23-15-3-1-2-4-16(15)24-18)27-9-7-14-17(11-27)25-26-20(14)21(29)22-13-8-10-30-12-13/h1-4,13H,5-12H2,(H,22,29)(H,23,24)(H,25,26). The summed E-state index contributed by atoms with van der Waals surface area (Å²) in [6, 6.07) is 8.09. The van der Waals surface area contributed by atoms with Crippen LogP contribution in [0.2, 0.25) is 0 Å². The Morgan fingerprint density at radius 3 is 3.03 bits per heavy atom. The van der Waals surface area contributed by atoms with Crippen molar-refractivity contribution in [2.75, 3.05) is 18.1 Å². The van der Waals surface area contributed by atoms with E-state index in [1.165, 1.54) is 0 Å². The molecule has 0 spiro atoms. The second-order valence-corrected chi connectivity index (χ2v) is 8.98. The van der Waals surface area contributed by atoms with E-state index in [0.29, 0.717) is 38.0 Å². The van der Waals surface area contributed by atoms with Crippen molar-refractivity contribution in [2.24, 2.45) is 0 Å². The number of para-hydroxylation sites is 2. The molecule has 0 saturated carbocycles. The lowest BCUT2D eigenvalue weighted by Gasteiger charge is -2.27. The molecule has 4 heterocycles. The Balaban J connectivity index is 1.19. The van der Waals surface area contributed by atoms with Gasteiger partial charge in [-0.1, -0.05) is 12.1 Å². The van der Waals surface area contributed by atoms with Crippen LogP contribution in [0, 0.1) is 0 Å². The van der Waals surface area contributed by atoms with E-state index < -0.39 is 0 Å². The third-order valence-corrected chi connectivity index (χ3v) is 6.94. The number of aromatic nitrogens is 4. The quantitative estimate of drug-likeness (QED) is 0.581. The second kappa shape index (κ2) is 8.14. The molecule has 1 unspecified atom stereocenters. The Morgan fingerprint density at radius 1 is 1.30 bits per heavy atom. The Morgan fingerprint density at radius 2 is 2.20 bits per heavy atom. The number of nitrogens with zero attached hydrogens (tertiary/aromatic N) is 3. The summed E-state index contributed by atoms with van der Waals surface area (Å²) in [5, 5.41) is 10.3. The SMILES string of the molecule is O=C(NC1CCSC1)c1n[nH]c2c1CCN(C(=O)CCc1nc3ccccc3[nH]1)C2. The molecule has 0 radical (unpaired) electrons.